The van der Waals surface area contributed by atoms with Crippen molar-refractivity contribution in [2.45, 2.75) is 19.7 Å². The Morgan fingerprint density at radius 3 is 1.44 bits per heavy atom. The molecule has 1 radical (unpaired) electrons. The summed E-state index contributed by atoms with van der Waals surface area (Å²) in [5.41, 5.74) is 0. The van der Waals surface area contributed by atoms with Gasteiger partial charge in [0.25, 0.3) is 7.41 Å². The van der Waals surface area contributed by atoms with Gasteiger partial charge in [-0.05, 0) is 48.3 Å². The average molecular weight is 339 g/mol. The Bertz CT molecular complexity index is 710. The SMILES string of the molecule is C[B]N1C(=O)C2C3CC(C2C1=O)C1C2CC(C4C(=O)N(C)C(=O)C24)C31. The maximum Gasteiger partial charge on any atom is 0.256 e. The van der Waals surface area contributed by atoms with E-state index in [0.29, 0.717) is 11.8 Å². The van der Waals surface area contributed by atoms with Crippen molar-refractivity contribution in [1.82, 2.24) is 9.71 Å². The Morgan fingerprint density at radius 1 is 0.720 bits per heavy atom. The second-order valence-electron chi connectivity index (χ2n) is 8.92. The van der Waals surface area contributed by atoms with E-state index in [1.165, 1.54) is 9.71 Å². The van der Waals surface area contributed by atoms with E-state index in [-0.39, 0.29) is 71.0 Å². The molecule has 0 aromatic rings. The van der Waals surface area contributed by atoms with Crippen LogP contribution < -0.4 is 0 Å². The Kier molecular flexibility index (Phi) is 2.43. The van der Waals surface area contributed by atoms with Crippen molar-refractivity contribution < 1.29 is 19.2 Å². The molecule has 0 spiro atoms. The van der Waals surface area contributed by atoms with E-state index in [2.05, 4.69) is 0 Å². The maximum atomic E-state index is 12.8. The summed E-state index contributed by atoms with van der Waals surface area (Å²) in [7, 11) is 3.20. The molecule has 10 unspecified atom stereocenters. The standard InChI is InChI=1S/C18H20BN2O4/c1-19-21-17(24)13-7-4-8(14(13)18(21)25)10-6-3-5(9(7)10)11-12(6)16(23)20(2)15(11)22/h5-14H,3-4H2,1-2H3. The van der Waals surface area contributed by atoms with Gasteiger partial charge in [0.15, 0.2) is 0 Å². The summed E-state index contributed by atoms with van der Waals surface area (Å²) in [4.78, 5) is 53.3. The molecule has 10 atom stereocenters. The van der Waals surface area contributed by atoms with Gasteiger partial charge in [0.1, 0.15) is 0 Å². The third-order valence-corrected chi connectivity index (χ3v) is 8.66. The highest BCUT2D eigenvalue weighted by Crippen LogP contribution is 2.74. The third-order valence-electron chi connectivity index (χ3n) is 8.66. The Morgan fingerprint density at radius 2 is 1.08 bits per heavy atom. The molecule has 6 aliphatic rings. The highest BCUT2D eigenvalue weighted by Gasteiger charge is 2.76. The van der Waals surface area contributed by atoms with E-state index >= 15 is 0 Å². The number of fused-ring (bicyclic) bond motifs is 15. The average Bonchev–Trinajstić information content (AvgIpc) is 3.37. The van der Waals surface area contributed by atoms with Gasteiger partial charge in [0.05, 0.1) is 23.7 Å². The summed E-state index contributed by atoms with van der Waals surface area (Å²) in [6.45, 7) is 1.74. The molecule has 2 saturated heterocycles. The lowest BCUT2D eigenvalue weighted by Crippen LogP contribution is -2.45. The van der Waals surface area contributed by atoms with Crippen LogP contribution in [0, 0.1) is 59.2 Å². The highest BCUT2D eigenvalue weighted by atomic mass is 16.2. The third kappa shape index (κ3) is 1.30. The number of likely N-dealkylation sites (tertiary alicyclic amines) is 1. The van der Waals surface area contributed by atoms with Crippen LogP contribution in [-0.4, -0.2) is 47.8 Å². The minimum atomic E-state index is -0.183. The first kappa shape index (κ1) is 14.5. The van der Waals surface area contributed by atoms with Crippen LogP contribution >= 0.6 is 0 Å². The fraction of sp³-hybridized carbons (Fsp3) is 0.778. The molecule has 129 valence electrons. The van der Waals surface area contributed by atoms with Crippen molar-refractivity contribution >= 4 is 31.0 Å². The van der Waals surface area contributed by atoms with E-state index in [9.17, 15) is 19.2 Å². The van der Waals surface area contributed by atoms with Gasteiger partial charge in [0.2, 0.25) is 23.6 Å². The number of rotatable bonds is 1. The minimum absolute atomic E-state index is 0.0161. The van der Waals surface area contributed by atoms with Crippen LogP contribution in [-0.2, 0) is 19.2 Å². The normalized spacial score (nSPS) is 54.6. The topological polar surface area (TPSA) is 74.8 Å². The summed E-state index contributed by atoms with van der Waals surface area (Å²) in [5.74, 6) is 0.846. The smallest absolute Gasteiger partial charge is 0.256 e. The lowest BCUT2D eigenvalue weighted by Gasteiger charge is -2.42. The van der Waals surface area contributed by atoms with Crippen molar-refractivity contribution in [2.75, 3.05) is 7.05 Å². The number of carbonyl (C=O) groups excluding carboxylic acids is 4. The number of carbonyl (C=O) groups is 4. The zero-order valence-electron chi connectivity index (χ0n) is 14.3. The van der Waals surface area contributed by atoms with Gasteiger partial charge in [-0.15, -0.1) is 0 Å². The molecule has 6 fully saturated rings. The van der Waals surface area contributed by atoms with Crippen LogP contribution in [0.2, 0.25) is 6.82 Å². The number of nitrogens with zero attached hydrogens (tertiary/aromatic N) is 2. The van der Waals surface area contributed by atoms with E-state index in [4.69, 9.17) is 0 Å². The lowest BCUT2D eigenvalue weighted by atomic mass is 9.59. The molecule has 2 aliphatic heterocycles. The largest absolute Gasteiger partial charge is 0.334 e. The fourth-order valence-electron chi connectivity index (χ4n) is 8.23. The zero-order valence-corrected chi connectivity index (χ0v) is 14.3. The van der Waals surface area contributed by atoms with Crippen LogP contribution in [0.4, 0.5) is 0 Å². The highest BCUT2D eigenvalue weighted by molar-refractivity contribution is 6.43. The number of amides is 4. The number of hydrogen-bond donors (Lipinski definition) is 0. The quantitative estimate of drug-likeness (QED) is 0.383. The van der Waals surface area contributed by atoms with Crippen molar-refractivity contribution in [2.24, 2.45) is 59.2 Å². The molecular weight excluding hydrogens is 319 g/mol. The second-order valence-corrected chi connectivity index (χ2v) is 8.92. The molecule has 0 N–H and O–H groups in total. The van der Waals surface area contributed by atoms with Gasteiger partial charge < -0.3 is 4.81 Å². The maximum absolute atomic E-state index is 12.8. The number of hydrogen-bond acceptors (Lipinski definition) is 4. The molecule has 6 rings (SSSR count). The molecule has 0 aromatic carbocycles. The molecule has 7 heteroatoms. The van der Waals surface area contributed by atoms with Gasteiger partial charge in [-0.25, -0.2) is 0 Å². The van der Waals surface area contributed by atoms with Gasteiger partial charge in [0, 0.05) is 7.05 Å². The minimum Gasteiger partial charge on any atom is -0.334 e. The van der Waals surface area contributed by atoms with Gasteiger partial charge >= 0.3 is 0 Å². The molecule has 4 saturated carbocycles. The Balaban J connectivity index is 1.42. The number of imide groups is 2. The summed E-state index contributed by atoms with van der Waals surface area (Å²) < 4.78 is 0. The first-order valence-electron chi connectivity index (χ1n) is 9.45. The van der Waals surface area contributed by atoms with Crippen molar-refractivity contribution in [3.05, 3.63) is 0 Å². The second kappa shape index (κ2) is 4.18. The van der Waals surface area contributed by atoms with Crippen molar-refractivity contribution in [1.29, 1.82) is 0 Å². The summed E-state index contributed by atoms with van der Waals surface area (Å²) in [5, 5.41) is 0. The van der Waals surface area contributed by atoms with E-state index in [0.717, 1.165) is 12.8 Å². The zero-order chi connectivity index (χ0) is 17.4. The summed E-state index contributed by atoms with van der Waals surface area (Å²) in [6, 6.07) is 0. The van der Waals surface area contributed by atoms with Crippen LogP contribution in [0.15, 0.2) is 0 Å². The van der Waals surface area contributed by atoms with E-state index in [1.54, 1.807) is 21.3 Å². The summed E-state index contributed by atoms with van der Waals surface area (Å²) in [6.07, 6.45) is 1.87. The molecule has 6 nitrogen and oxygen atoms in total. The Labute approximate surface area is 146 Å². The van der Waals surface area contributed by atoms with Crippen LogP contribution in [0.3, 0.4) is 0 Å². The first-order valence-corrected chi connectivity index (χ1v) is 9.45. The molecule has 4 aliphatic carbocycles. The Hall–Kier alpha value is -1.66. The van der Waals surface area contributed by atoms with Crippen LogP contribution in [0.1, 0.15) is 12.8 Å². The van der Waals surface area contributed by atoms with E-state index < -0.39 is 0 Å². The van der Waals surface area contributed by atoms with E-state index in [1.807, 2.05) is 0 Å². The fourth-order valence-corrected chi connectivity index (χ4v) is 8.23. The van der Waals surface area contributed by atoms with Gasteiger partial charge in [-0.1, -0.05) is 6.82 Å². The summed E-state index contributed by atoms with van der Waals surface area (Å²) >= 11 is 0. The molecule has 25 heavy (non-hydrogen) atoms. The monoisotopic (exact) mass is 339 g/mol. The first-order chi connectivity index (χ1) is 12.0. The van der Waals surface area contributed by atoms with Crippen LogP contribution in [0.25, 0.3) is 0 Å². The lowest BCUT2D eigenvalue weighted by molar-refractivity contribution is -0.139. The van der Waals surface area contributed by atoms with Gasteiger partial charge in [-0.2, -0.15) is 0 Å². The molecule has 2 heterocycles. The predicted molar refractivity (Wildman–Crippen MR) is 85.4 cm³/mol. The van der Waals surface area contributed by atoms with Crippen molar-refractivity contribution in [3.63, 3.8) is 0 Å². The predicted octanol–water partition coefficient (Wildman–Crippen LogP) is 0.0177. The molecule has 0 aromatic heterocycles. The molecular formula is C18H20BN2O4. The van der Waals surface area contributed by atoms with Gasteiger partial charge in [-0.3, -0.25) is 24.1 Å². The molecule has 4 amide bonds. The van der Waals surface area contributed by atoms with Crippen molar-refractivity contribution in [3.8, 4) is 0 Å². The molecule has 4 bridgehead atoms. The van der Waals surface area contributed by atoms with Crippen LogP contribution in [0.5, 0.6) is 0 Å².